The third-order valence-electron chi connectivity index (χ3n) is 5.14. The molecule has 4 atom stereocenters. The molecule has 4 rings (SSSR count). The lowest BCUT2D eigenvalue weighted by Gasteiger charge is -2.36. The van der Waals surface area contributed by atoms with Gasteiger partial charge in [-0.25, -0.2) is 9.97 Å². The number of nitrogens with zero attached hydrogens (tertiary/aromatic N) is 3. The Hall–Kier alpha value is -1.25. The van der Waals surface area contributed by atoms with Gasteiger partial charge in [0.2, 0.25) is 0 Å². The maximum absolute atomic E-state index is 9.96. The van der Waals surface area contributed by atoms with Gasteiger partial charge in [-0.05, 0) is 33.8 Å². The van der Waals surface area contributed by atoms with Gasteiger partial charge in [-0.3, -0.25) is 0 Å². The number of hydrogen-bond donors (Lipinski definition) is 1. The van der Waals surface area contributed by atoms with E-state index in [4.69, 9.17) is 25.8 Å². The lowest BCUT2D eigenvalue weighted by Crippen LogP contribution is -2.54. The van der Waals surface area contributed by atoms with E-state index < -0.39 is 29.3 Å². The van der Waals surface area contributed by atoms with Crippen molar-refractivity contribution in [3.8, 4) is 0 Å². The van der Waals surface area contributed by atoms with Gasteiger partial charge in [0.15, 0.2) is 12.0 Å². The molecule has 0 amide bonds. The zero-order valence-corrected chi connectivity index (χ0v) is 14.7. The predicted molar refractivity (Wildman–Crippen MR) is 86.6 cm³/mol. The highest BCUT2D eigenvalue weighted by Gasteiger charge is 2.69. The van der Waals surface area contributed by atoms with Crippen molar-refractivity contribution in [2.24, 2.45) is 0 Å². The smallest absolute Gasteiger partial charge is 0.165 e. The predicted octanol–water partition coefficient (Wildman–Crippen LogP) is 2.27. The van der Waals surface area contributed by atoms with Gasteiger partial charge in [0.1, 0.15) is 34.4 Å². The molecule has 4 heterocycles. The van der Waals surface area contributed by atoms with Gasteiger partial charge in [0.05, 0.1) is 12.0 Å². The number of aliphatic hydroxyl groups is 1. The van der Waals surface area contributed by atoms with Crippen molar-refractivity contribution < 1.29 is 19.3 Å². The zero-order valence-electron chi connectivity index (χ0n) is 14.0. The van der Waals surface area contributed by atoms with Crippen LogP contribution in [-0.2, 0) is 14.2 Å². The quantitative estimate of drug-likeness (QED) is 0.834. The van der Waals surface area contributed by atoms with Crippen LogP contribution in [0.25, 0.3) is 11.0 Å². The first-order valence-corrected chi connectivity index (χ1v) is 8.22. The van der Waals surface area contributed by atoms with Crippen LogP contribution in [0.4, 0.5) is 0 Å². The van der Waals surface area contributed by atoms with Gasteiger partial charge in [-0.1, -0.05) is 11.6 Å². The minimum absolute atomic E-state index is 0.190. The molecule has 2 aromatic rings. The molecule has 0 aromatic carbocycles. The van der Waals surface area contributed by atoms with Gasteiger partial charge in [0.25, 0.3) is 0 Å². The van der Waals surface area contributed by atoms with E-state index in [-0.39, 0.29) is 6.61 Å². The SMILES string of the molecule is CC1(C)O[C@H]2[C@H](n3ccc4c(Cl)ncnc43)O[C@@](C)(CO)[C@@]2(C)O1. The minimum atomic E-state index is -0.913. The number of rotatable bonds is 2. The minimum Gasteiger partial charge on any atom is -0.393 e. The summed E-state index contributed by atoms with van der Waals surface area (Å²) in [5.74, 6) is -0.770. The third kappa shape index (κ3) is 1.99. The monoisotopic (exact) mass is 353 g/mol. The number of halogens is 1. The Morgan fingerprint density at radius 1 is 1.25 bits per heavy atom. The Morgan fingerprint density at radius 3 is 2.71 bits per heavy atom. The van der Waals surface area contributed by atoms with Crippen molar-refractivity contribution in [2.75, 3.05) is 6.61 Å². The first-order valence-electron chi connectivity index (χ1n) is 7.84. The van der Waals surface area contributed by atoms with Crippen LogP contribution >= 0.6 is 11.6 Å². The van der Waals surface area contributed by atoms with Crippen LogP contribution in [0.3, 0.4) is 0 Å². The molecule has 8 heteroatoms. The molecule has 130 valence electrons. The van der Waals surface area contributed by atoms with Gasteiger partial charge >= 0.3 is 0 Å². The molecule has 2 aliphatic heterocycles. The van der Waals surface area contributed by atoms with Crippen LogP contribution < -0.4 is 0 Å². The fourth-order valence-corrected chi connectivity index (χ4v) is 3.93. The number of hydrogen-bond acceptors (Lipinski definition) is 6. The standard InChI is InChI=1S/C16H20ClN3O4/c1-14(2)22-10-13(23-15(3,7-21)16(10,4)24-14)20-6-5-9-11(17)18-8-19-12(9)20/h5-6,8,10,13,21H,7H2,1-4H3/t10-,13+,15-,16-/m0/s1. The first-order chi connectivity index (χ1) is 11.2. The van der Waals surface area contributed by atoms with E-state index in [9.17, 15) is 5.11 Å². The maximum Gasteiger partial charge on any atom is 0.165 e. The second-order valence-corrected chi connectivity index (χ2v) is 7.53. The number of ether oxygens (including phenoxy) is 3. The Bertz CT molecular complexity index is 810. The summed E-state index contributed by atoms with van der Waals surface area (Å²) in [6.07, 6.45) is 2.34. The Morgan fingerprint density at radius 2 is 2.00 bits per heavy atom. The molecule has 0 bridgehead atoms. The molecule has 2 aliphatic rings. The van der Waals surface area contributed by atoms with Gasteiger partial charge < -0.3 is 23.9 Å². The third-order valence-corrected chi connectivity index (χ3v) is 5.44. The summed E-state index contributed by atoms with van der Waals surface area (Å²) in [5.41, 5.74) is -1.06. The van der Waals surface area contributed by atoms with Crippen LogP contribution in [0.1, 0.15) is 33.9 Å². The summed E-state index contributed by atoms with van der Waals surface area (Å²) in [5, 5.41) is 11.1. The molecule has 1 N–H and O–H groups in total. The molecular weight excluding hydrogens is 334 g/mol. The van der Waals surface area contributed by atoms with Crippen LogP contribution in [0.5, 0.6) is 0 Å². The fraction of sp³-hybridized carbons (Fsp3) is 0.625. The summed E-state index contributed by atoms with van der Waals surface area (Å²) < 4.78 is 20.4. The molecule has 7 nitrogen and oxygen atoms in total. The molecule has 24 heavy (non-hydrogen) atoms. The summed E-state index contributed by atoms with van der Waals surface area (Å²) in [7, 11) is 0. The summed E-state index contributed by atoms with van der Waals surface area (Å²) in [6, 6.07) is 1.84. The molecule has 0 saturated carbocycles. The average molecular weight is 354 g/mol. The van der Waals surface area contributed by atoms with Crippen LogP contribution in [-0.4, -0.2) is 49.3 Å². The van der Waals surface area contributed by atoms with Gasteiger partial charge in [0, 0.05) is 6.20 Å². The molecule has 0 aliphatic carbocycles. The first kappa shape index (κ1) is 16.2. The van der Waals surface area contributed by atoms with E-state index in [1.165, 1.54) is 6.33 Å². The fourth-order valence-electron chi connectivity index (χ4n) is 3.74. The van der Waals surface area contributed by atoms with E-state index in [0.29, 0.717) is 10.8 Å². The van der Waals surface area contributed by atoms with E-state index in [1.54, 1.807) is 0 Å². The Kier molecular flexibility index (Phi) is 3.31. The highest BCUT2D eigenvalue weighted by atomic mass is 35.5. The van der Waals surface area contributed by atoms with Crippen LogP contribution in [0.2, 0.25) is 5.15 Å². The highest BCUT2D eigenvalue weighted by molar-refractivity contribution is 6.33. The molecule has 2 saturated heterocycles. The number of aromatic nitrogens is 3. The van der Waals surface area contributed by atoms with E-state index in [0.717, 1.165) is 5.39 Å². The number of aliphatic hydroxyl groups excluding tert-OH is 1. The highest BCUT2D eigenvalue weighted by Crippen LogP contribution is 2.55. The average Bonchev–Trinajstić information content (AvgIpc) is 3.10. The van der Waals surface area contributed by atoms with Crippen molar-refractivity contribution in [1.29, 1.82) is 0 Å². The van der Waals surface area contributed by atoms with Crippen molar-refractivity contribution in [1.82, 2.24) is 14.5 Å². The van der Waals surface area contributed by atoms with Crippen LogP contribution in [0, 0.1) is 0 Å². The van der Waals surface area contributed by atoms with E-state index >= 15 is 0 Å². The van der Waals surface area contributed by atoms with Crippen molar-refractivity contribution in [2.45, 2.75) is 57.0 Å². The molecule has 0 unspecified atom stereocenters. The number of fused-ring (bicyclic) bond motifs is 2. The molecule has 2 aromatic heterocycles. The molecule has 2 fully saturated rings. The lowest BCUT2D eigenvalue weighted by molar-refractivity contribution is -0.241. The van der Waals surface area contributed by atoms with Crippen LogP contribution in [0.15, 0.2) is 18.6 Å². The van der Waals surface area contributed by atoms with Crippen molar-refractivity contribution in [3.63, 3.8) is 0 Å². The second kappa shape index (κ2) is 4.89. The Labute approximate surface area is 144 Å². The lowest BCUT2D eigenvalue weighted by atomic mass is 9.84. The van der Waals surface area contributed by atoms with Gasteiger partial charge in [-0.15, -0.1) is 0 Å². The van der Waals surface area contributed by atoms with E-state index in [1.807, 2.05) is 44.5 Å². The van der Waals surface area contributed by atoms with Crippen molar-refractivity contribution in [3.05, 3.63) is 23.7 Å². The maximum atomic E-state index is 9.96. The second-order valence-electron chi connectivity index (χ2n) is 7.17. The zero-order chi connectivity index (χ0) is 17.3. The van der Waals surface area contributed by atoms with E-state index in [2.05, 4.69) is 9.97 Å². The summed E-state index contributed by atoms with van der Waals surface area (Å²) in [4.78, 5) is 8.32. The van der Waals surface area contributed by atoms with Gasteiger partial charge in [-0.2, -0.15) is 0 Å². The summed E-state index contributed by atoms with van der Waals surface area (Å²) >= 11 is 6.14. The molecule has 0 spiro atoms. The normalized spacial score (nSPS) is 37.9. The Balaban J connectivity index is 1.85. The largest absolute Gasteiger partial charge is 0.393 e. The summed E-state index contributed by atoms with van der Waals surface area (Å²) in [6.45, 7) is 7.27. The topological polar surface area (TPSA) is 78.6 Å². The molecular formula is C16H20ClN3O4. The van der Waals surface area contributed by atoms with Crippen molar-refractivity contribution >= 4 is 22.6 Å². The molecule has 0 radical (unpaired) electrons.